The van der Waals surface area contributed by atoms with Crippen LogP contribution in [0, 0.1) is 19.7 Å². The molecule has 31 heavy (non-hydrogen) atoms. The third-order valence-electron chi connectivity index (χ3n) is 5.08. The van der Waals surface area contributed by atoms with Crippen molar-refractivity contribution in [3.05, 3.63) is 70.5 Å². The van der Waals surface area contributed by atoms with Crippen molar-refractivity contribution in [3.8, 4) is 22.6 Å². The zero-order chi connectivity index (χ0) is 21.5. The van der Waals surface area contributed by atoms with E-state index in [0.29, 0.717) is 28.0 Å². The Balaban J connectivity index is 1.43. The molecule has 1 N–H and O–H groups in total. The van der Waals surface area contributed by atoms with Gasteiger partial charge in [0.25, 0.3) is 5.91 Å². The Morgan fingerprint density at radius 3 is 2.65 bits per heavy atom. The average molecular weight is 434 g/mol. The first-order chi connectivity index (χ1) is 15.0. The number of anilines is 1. The van der Waals surface area contributed by atoms with Crippen LogP contribution >= 0.6 is 11.3 Å². The van der Waals surface area contributed by atoms with E-state index in [4.69, 9.17) is 4.42 Å². The van der Waals surface area contributed by atoms with Crippen molar-refractivity contribution in [1.29, 1.82) is 0 Å². The van der Waals surface area contributed by atoms with Crippen LogP contribution in [0.4, 0.5) is 9.52 Å². The van der Waals surface area contributed by atoms with E-state index in [-0.39, 0.29) is 17.5 Å². The van der Waals surface area contributed by atoms with Crippen LogP contribution in [-0.4, -0.2) is 20.9 Å². The summed E-state index contributed by atoms with van der Waals surface area (Å²) in [4.78, 5) is 26.5. The van der Waals surface area contributed by atoms with Gasteiger partial charge in [-0.25, -0.2) is 14.4 Å². The van der Waals surface area contributed by atoms with Crippen molar-refractivity contribution in [2.45, 2.75) is 32.6 Å². The van der Waals surface area contributed by atoms with Gasteiger partial charge in [-0.15, -0.1) is 11.3 Å². The number of nitrogens with one attached hydrogen (secondary N) is 1. The quantitative estimate of drug-likeness (QED) is 0.433. The van der Waals surface area contributed by atoms with E-state index in [1.54, 1.807) is 18.3 Å². The van der Waals surface area contributed by atoms with Crippen LogP contribution in [-0.2, 0) is 0 Å². The van der Waals surface area contributed by atoms with Crippen LogP contribution in [0.3, 0.4) is 0 Å². The third-order valence-corrected chi connectivity index (χ3v) is 5.83. The predicted molar refractivity (Wildman–Crippen MR) is 117 cm³/mol. The fraction of sp³-hybridized carbons (Fsp3) is 0.217. The summed E-state index contributed by atoms with van der Waals surface area (Å²) in [5.74, 6) is 0.102. The van der Waals surface area contributed by atoms with Gasteiger partial charge in [0.2, 0.25) is 5.76 Å². The number of amides is 1. The van der Waals surface area contributed by atoms with Gasteiger partial charge in [-0.1, -0.05) is 6.07 Å². The molecule has 0 saturated heterocycles. The Kier molecular flexibility index (Phi) is 4.86. The average Bonchev–Trinajstić information content (AvgIpc) is 3.33. The number of pyridine rings is 1. The molecule has 0 bridgehead atoms. The minimum atomic E-state index is -0.437. The highest BCUT2D eigenvalue weighted by molar-refractivity contribution is 7.14. The molecule has 3 heterocycles. The molecule has 1 amide bonds. The minimum absolute atomic E-state index is 0.106. The van der Waals surface area contributed by atoms with Gasteiger partial charge in [0, 0.05) is 23.1 Å². The first-order valence-corrected chi connectivity index (χ1v) is 10.8. The van der Waals surface area contributed by atoms with Gasteiger partial charge in [0.15, 0.2) is 11.0 Å². The molecule has 0 unspecified atom stereocenters. The zero-order valence-corrected chi connectivity index (χ0v) is 17.8. The van der Waals surface area contributed by atoms with Gasteiger partial charge in [-0.05, 0) is 62.1 Å². The molecule has 1 aromatic carbocycles. The van der Waals surface area contributed by atoms with Crippen LogP contribution in [0.15, 0.2) is 46.3 Å². The number of thiazole rings is 1. The molecule has 1 saturated carbocycles. The highest BCUT2D eigenvalue weighted by atomic mass is 32.1. The Labute approximate surface area is 182 Å². The molecule has 0 aliphatic heterocycles. The molecule has 4 aromatic rings. The topological polar surface area (TPSA) is 80.9 Å². The van der Waals surface area contributed by atoms with Gasteiger partial charge in [0.05, 0.1) is 5.69 Å². The smallest absolute Gasteiger partial charge is 0.295 e. The van der Waals surface area contributed by atoms with Gasteiger partial charge in [-0.3, -0.25) is 15.1 Å². The molecule has 0 atom stereocenters. The Bertz CT molecular complexity index is 1280. The number of nitrogens with zero attached hydrogens (tertiary/aromatic N) is 3. The maximum Gasteiger partial charge on any atom is 0.295 e. The van der Waals surface area contributed by atoms with Crippen molar-refractivity contribution in [3.63, 3.8) is 0 Å². The summed E-state index contributed by atoms with van der Waals surface area (Å²) in [7, 11) is 0. The molecule has 5 rings (SSSR count). The minimum Gasteiger partial charge on any atom is -0.435 e. The number of aromatic nitrogens is 3. The molecule has 6 nitrogen and oxygen atoms in total. The standard InChI is InChI=1S/C23H19FN4O2S/c1-12-9-13(2)18(25-10-12)17-11-31-23(26-17)28-21(29)20-19(14-5-7-16(24)8-6-14)27-22(30-20)15-3-4-15/h5-11,15H,3-4H2,1-2H3,(H,26,28,29). The van der Waals surface area contributed by atoms with Crippen molar-refractivity contribution in [1.82, 2.24) is 15.0 Å². The summed E-state index contributed by atoms with van der Waals surface area (Å²) in [6.07, 6.45) is 3.77. The number of oxazole rings is 1. The van der Waals surface area contributed by atoms with Crippen molar-refractivity contribution >= 4 is 22.4 Å². The van der Waals surface area contributed by atoms with E-state index in [1.807, 2.05) is 25.3 Å². The number of carbonyl (C=O) groups excluding carboxylic acids is 1. The van der Waals surface area contributed by atoms with E-state index in [2.05, 4.69) is 20.3 Å². The Hall–Kier alpha value is -3.39. The zero-order valence-electron chi connectivity index (χ0n) is 17.0. The van der Waals surface area contributed by atoms with Gasteiger partial charge < -0.3 is 4.42 Å². The number of aryl methyl sites for hydroxylation is 2. The third kappa shape index (κ3) is 3.98. The molecule has 156 valence electrons. The number of hydrogen-bond donors (Lipinski definition) is 1. The highest BCUT2D eigenvalue weighted by Gasteiger charge is 2.32. The molecule has 0 radical (unpaired) electrons. The summed E-state index contributed by atoms with van der Waals surface area (Å²) in [5.41, 5.74) is 4.62. The summed E-state index contributed by atoms with van der Waals surface area (Å²) in [6, 6.07) is 7.91. The number of carbonyl (C=O) groups is 1. The van der Waals surface area contributed by atoms with Gasteiger partial charge in [0.1, 0.15) is 17.2 Å². The lowest BCUT2D eigenvalue weighted by molar-refractivity contribution is 0.0995. The second-order valence-corrected chi connectivity index (χ2v) is 8.54. The monoisotopic (exact) mass is 434 g/mol. The first-order valence-electron chi connectivity index (χ1n) is 9.95. The van der Waals surface area contributed by atoms with E-state index < -0.39 is 5.91 Å². The van der Waals surface area contributed by atoms with Crippen LogP contribution in [0.2, 0.25) is 0 Å². The summed E-state index contributed by atoms with van der Waals surface area (Å²) >= 11 is 1.31. The first kappa shape index (κ1) is 19.6. The molecule has 1 fully saturated rings. The number of halogens is 1. The normalized spacial score (nSPS) is 13.4. The molecule has 1 aliphatic carbocycles. The van der Waals surface area contributed by atoms with Gasteiger partial charge in [-0.2, -0.15) is 0 Å². The van der Waals surface area contributed by atoms with E-state index in [1.165, 1.54) is 23.5 Å². The predicted octanol–water partition coefficient (Wildman–Crippen LogP) is 5.75. The molecular weight excluding hydrogens is 415 g/mol. The number of benzene rings is 1. The van der Waals surface area contributed by atoms with Crippen LogP contribution in [0.5, 0.6) is 0 Å². The number of hydrogen-bond acceptors (Lipinski definition) is 6. The van der Waals surface area contributed by atoms with Crippen molar-refractivity contribution < 1.29 is 13.6 Å². The molecule has 1 aliphatic rings. The van der Waals surface area contributed by atoms with E-state index in [9.17, 15) is 9.18 Å². The fourth-order valence-electron chi connectivity index (χ4n) is 3.38. The second-order valence-electron chi connectivity index (χ2n) is 7.68. The fourth-order valence-corrected chi connectivity index (χ4v) is 4.07. The van der Waals surface area contributed by atoms with Crippen LogP contribution < -0.4 is 5.32 Å². The van der Waals surface area contributed by atoms with Crippen LogP contribution in [0.25, 0.3) is 22.6 Å². The molecular formula is C23H19FN4O2S. The maximum atomic E-state index is 13.4. The number of rotatable bonds is 5. The summed E-state index contributed by atoms with van der Waals surface area (Å²) < 4.78 is 19.2. The van der Waals surface area contributed by atoms with E-state index >= 15 is 0 Å². The molecule has 0 spiro atoms. The highest BCUT2D eigenvalue weighted by Crippen LogP contribution is 2.41. The molecule has 3 aromatic heterocycles. The lowest BCUT2D eigenvalue weighted by atomic mass is 10.1. The van der Waals surface area contributed by atoms with E-state index in [0.717, 1.165) is 29.7 Å². The van der Waals surface area contributed by atoms with Crippen molar-refractivity contribution in [2.75, 3.05) is 5.32 Å². The van der Waals surface area contributed by atoms with Crippen molar-refractivity contribution in [2.24, 2.45) is 0 Å². The SMILES string of the molecule is Cc1cnc(-c2csc(NC(=O)c3oc(C4CC4)nc3-c3ccc(F)cc3)n2)c(C)c1. The Morgan fingerprint density at radius 2 is 1.94 bits per heavy atom. The molecule has 8 heteroatoms. The lowest BCUT2D eigenvalue weighted by Gasteiger charge is -2.03. The lowest BCUT2D eigenvalue weighted by Crippen LogP contribution is -2.12. The Morgan fingerprint density at radius 1 is 1.16 bits per heavy atom. The largest absolute Gasteiger partial charge is 0.435 e. The maximum absolute atomic E-state index is 13.4. The second kappa shape index (κ2) is 7.70. The summed E-state index contributed by atoms with van der Waals surface area (Å²) in [6.45, 7) is 3.97. The van der Waals surface area contributed by atoms with Gasteiger partial charge >= 0.3 is 0 Å². The summed E-state index contributed by atoms with van der Waals surface area (Å²) in [5, 5.41) is 5.11. The van der Waals surface area contributed by atoms with Crippen LogP contribution in [0.1, 0.15) is 46.3 Å².